The summed E-state index contributed by atoms with van der Waals surface area (Å²) in [7, 11) is -3.91. The molecule has 2 N–H and O–H groups in total. The molecule has 0 spiro atoms. The molecule has 0 unspecified atom stereocenters. The second-order valence-corrected chi connectivity index (χ2v) is 10.0. The van der Waals surface area contributed by atoms with Gasteiger partial charge in [0.15, 0.2) is 0 Å². The average molecular weight is 547 g/mol. The summed E-state index contributed by atoms with van der Waals surface area (Å²) in [6.45, 7) is 0. The van der Waals surface area contributed by atoms with Crippen molar-refractivity contribution in [1.29, 1.82) is 0 Å². The predicted molar refractivity (Wildman–Crippen MR) is 140 cm³/mol. The van der Waals surface area contributed by atoms with Gasteiger partial charge >= 0.3 is 0 Å². The van der Waals surface area contributed by atoms with E-state index >= 15 is 0 Å². The third kappa shape index (κ3) is 6.11. The molecule has 196 valence electrons. The zero-order chi connectivity index (χ0) is 28.2. The van der Waals surface area contributed by atoms with Crippen molar-refractivity contribution in [2.24, 2.45) is 0 Å². The van der Waals surface area contributed by atoms with Crippen LogP contribution in [-0.2, 0) is 9.84 Å². The van der Waals surface area contributed by atoms with Gasteiger partial charge in [0, 0.05) is 46.8 Å². The van der Waals surface area contributed by atoms with E-state index in [1.54, 1.807) is 0 Å². The number of carbonyl (C=O) groups is 2. The fraction of sp³-hybridized carbons (Fsp3) is 0. The molecule has 4 aromatic rings. The Morgan fingerprint density at radius 2 is 0.846 bits per heavy atom. The molecule has 0 fully saturated rings. The fourth-order valence-corrected chi connectivity index (χ4v) is 4.71. The normalized spacial score (nSPS) is 10.9. The molecular weight excluding hydrogens is 528 g/mol. The van der Waals surface area contributed by atoms with Crippen molar-refractivity contribution in [3.05, 3.63) is 128 Å². The quantitative estimate of drug-likeness (QED) is 0.233. The molecule has 0 saturated heterocycles. The van der Waals surface area contributed by atoms with Crippen LogP contribution in [0.2, 0.25) is 0 Å². The maximum Gasteiger partial charge on any atom is 0.269 e. The third-order valence-electron chi connectivity index (χ3n) is 5.53. The number of nitrogens with one attached hydrogen (secondary N) is 2. The van der Waals surface area contributed by atoms with E-state index in [9.17, 15) is 38.2 Å². The van der Waals surface area contributed by atoms with Crippen molar-refractivity contribution >= 4 is 44.4 Å². The number of hydrogen-bond donors (Lipinski definition) is 2. The van der Waals surface area contributed by atoms with Gasteiger partial charge in [-0.15, -0.1) is 0 Å². The lowest BCUT2D eigenvalue weighted by atomic mass is 10.2. The van der Waals surface area contributed by atoms with Crippen LogP contribution in [0.25, 0.3) is 0 Å². The van der Waals surface area contributed by atoms with Crippen molar-refractivity contribution in [3.8, 4) is 0 Å². The number of nitro groups is 2. The molecule has 4 aromatic carbocycles. The maximum absolute atomic E-state index is 13.0. The maximum atomic E-state index is 13.0. The minimum absolute atomic E-state index is 0.0292. The standard InChI is InChI=1S/C26H18N4O8S/c31-25(17-1-9-21(10-2-17)29(33)34)27-19-5-13-23(14-6-19)39(37,38)24-15-7-20(8-16-24)28-26(32)18-3-11-22(12-4-18)30(35)36/h1-16H,(H,27,31)(H,28,32). The SMILES string of the molecule is O=C(Nc1ccc(S(=O)(=O)c2ccc(NC(=O)c3ccc([N+](=O)[O-])cc3)cc2)cc1)c1ccc([N+](=O)[O-])cc1. The molecule has 0 saturated carbocycles. The van der Waals surface area contributed by atoms with Gasteiger partial charge in [0.2, 0.25) is 9.84 Å². The topological polar surface area (TPSA) is 179 Å². The Balaban J connectivity index is 1.41. The zero-order valence-electron chi connectivity index (χ0n) is 19.8. The number of carbonyl (C=O) groups excluding carboxylic acids is 2. The van der Waals surface area contributed by atoms with E-state index in [1.807, 2.05) is 0 Å². The largest absolute Gasteiger partial charge is 0.322 e. The molecule has 0 aromatic heterocycles. The number of non-ortho nitro benzene ring substituents is 2. The van der Waals surface area contributed by atoms with Gasteiger partial charge < -0.3 is 10.6 Å². The van der Waals surface area contributed by atoms with Gasteiger partial charge in [0.05, 0.1) is 19.6 Å². The molecular formula is C26H18N4O8S. The van der Waals surface area contributed by atoms with Crippen molar-refractivity contribution in [3.63, 3.8) is 0 Å². The van der Waals surface area contributed by atoms with Crippen LogP contribution in [0.3, 0.4) is 0 Å². The lowest BCUT2D eigenvalue weighted by Gasteiger charge is -2.09. The van der Waals surface area contributed by atoms with Crippen LogP contribution >= 0.6 is 0 Å². The number of sulfone groups is 1. The van der Waals surface area contributed by atoms with E-state index in [-0.39, 0.29) is 32.3 Å². The summed E-state index contributed by atoms with van der Waals surface area (Å²) in [5.41, 5.74) is 0.723. The summed E-state index contributed by atoms with van der Waals surface area (Å²) in [4.78, 5) is 45.1. The molecule has 0 aliphatic heterocycles. The Morgan fingerprint density at radius 1 is 0.538 bits per heavy atom. The second kappa shape index (κ2) is 10.9. The molecule has 0 atom stereocenters. The van der Waals surface area contributed by atoms with E-state index in [1.165, 1.54) is 97.1 Å². The van der Waals surface area contributed by atoms with Gasteiger partial charge in [-0.3, -0.25) is 29.8 Å². The van der Waals surface area contributed by atoms with Gasteiger partial charge in [0.25, 0.3) is 23.2 Å². The van der Waals surface area contributed by atoms with E-state index < -0.39 is 31.5 Å². The van der Waals surface area contributed by atoms with Gasteiger partial charge in [-0.1, -0.05) is 0 Å². The summed E-state index contributed by atoms with van der Waals surface area (Å²) in [6, 6.07) is 21.0. The molecule has 0 heterocycles. The summed E-state index contributed by atoms with van der Waals surface area (Å²) in [6.07, 6.45) is 0. The molecule has 2 amide bonds. The highest BCUT2D eigenvalue weighted by Gasteiger charge is 2.18. The number of nitro benzene ring substituents is 2. The summed E-state index contributed by atoms with van der Waals surface area (Å²) in [5.74, 6) is -1.04. The summed E-state index contributed by atoms with van der Waals surface area (Å²) in [5, 5.41) is 26.7. The lowest BCUT2D eigenvalue weighted by molar-refractivity contribution is -0.385. The first-order chi connectivity index (χ1) is 18.5. The highest BCUT2D eigenvalue weighted by molar-refractivity contribution is 7.91. The first-order valence-corrected chi connectivity index (χ1v) is 12.6. The van der Waals surface area contributed by atoms with Crippen LogP contribution in [-0.4, -0.2) is 30.1 Å². The van der Waals surface area contributed by atoms with Gasteiger partial charge in [-0.25, -0.2) is 8.42 Å². The van der Waals surface area contributed by atoms with E-state index in [2.05, 4.69) is 10.6 Å². The van der Waals surface area contributed by atoms with Crippen molar-refractivity contribution in [1.82, 2.24) is 0 Å². The smallest absolute Gasteiger partial charge is 0.269 e. The van der Waals surface area contributed by atoms with Gasteiger partial charge in [0.1, 0.15) is 0 Å². The van der Waals surface area contributed by atoms with Crippen LogP contribution < -0.4 is 10.6 Å². The molecule has 13 heteroatoms. The molecule has 4 rings (SSSR count). The molecule has 39 heavy (non-hydrogen) atoms. The first kappa shape index (κ1) is 26.6. The number of rotatable bonds is 8. The number of amides is 2. The Bertz CT molecular complexity index is 1550. The Hall–Kier alpha value is -5.43. The fourth-order valence-electron chi connectivity index (χ4n) is 3.45. The van der Waals surface area contributed by atoms with Crippen LogP contribution in [0, 0.1) is 20.2 Å². The van der Waals surface area contributed by atoms with Crippen LogP contribution in [0.15, 0.2) is 107 Å². The monoisotopic (exact) mass is 546 g/mol. The molecule has 0 aliphatic carbocycles. The minimum Gasteiger partial charge on any atom is -0.322 e. The lowest BCUT2D eigenvalue weighted by Crippen LogP contribution is -2.12. The van der Waals surface area contributed by atoms with Gasteiger partial charge in [-0.05, 0) is 72.8 Å². The summed E-state index contributed by atoms with van der Waals surface area (Å²) < 4.78 is 26.1. The Labute approximate surface area is 221 Å². The third-order valence-corrected chi connectivity index (χ3v) is 7.31. The highest BCUT2D eigenvalue weighted by Crippen LogP contribution is 2.24. The second-order valence-electron chi connectivity index (χ2n) is 8.07. The molecule has 0 aliphatic rings. The van der Waals surface area contributed by atoms with Crippen molar-refractivity contribution in [2.45, 2.75) is 9.79 Å². The molecule has 0 radical (unpaired) electrons. The van der Waals surface area contributed by atoms with Crippen LogP contribution in [0.4, 0.5) is 22.7 Å². The number of benzene rings is 4. The van der Waals surface area contributed by atoms with Crippen molar-refractivity contribution < 1.29 is 27.9 Å². The van der Waals surface area contributed by atoms with E-state index in [0.29, 0.717) is 11.4 Å². The number of hydrogen-bond acceptors (Lipinski definition) is 8. The minimum atomic E-state index is -3.91. The van der Waals surface area contributed by atoms with E-state index in [0.717, 1.165) is 0 Å². The van der Waals surface area contributed by atoms with Crippen molar-refractivity contribution in [2.75, 3.05) is 10.6 Å². The predicted octanol–water partition coefficient (Wildman–Crippen LogP) is 4.84. The van der Waals surface area contributed by atoms with Crippen LogP contribution in [0.1, 0.15) is 20.7 Å². The van der Waals surface area contributed by atoms with Crippen LogP contribution in [0.5, 0.6) is 0 Å². The first-order valence-electron chi connectivity index (χ1n) is 11.1. The van der Waals surface area contributed by atoms with E-state index in [4.69, 9.17) is 0 Å². The average Bonchev–Trinajstić information content (AvgIpc) is 2.93. The van der Waals surface area contributed by atoms with Gasteiger partial charge in [-0.2, -0.15) is 0 Å². The Morgan fingerprint density at radius 3 is 1.13 bits per heavy atom. The number of anilines is 2. The Kier molecular flexibility index (Phi) is 7.44. The highest BCUT2D eigenvalue weighted by atomic mass is 32.2. The molecule has 0 bridgehead atoms. The number of nitrogens with zero attached hydrogens (tertiary/aromatic N) is 2. The zero-order valence-corrected chi connectivity index (χ0v) is 20.6. The summed E-state index contributed by atoms with van der Waals surface area (Å²) >= 11 is 0. The molecule has 12 nitrogen and oxygen atoms in total.